The summed E-state index contributed by atoms with van der Waals surface area (Å²) in [6, 6.07) is 15.8. The minimum atomic E-state index is 0.335. The molecule has 21 heavy (non-hydrogen) atoms. The number of pyridine rings is 1. The molecule has 5 nitrogen and oxygen atoms in total. The van der Waals surface area contributed by atoms with E-state index in [0.717, 1.165) is 17.1 Å². The summed E-state index contributed by atoms with van der Waals surface area (Å²) < 4.78 is 1.96. The standard InChI is InChI=1S/C15H11N5S/c16-8-11-21-15-19-18-14(12-6-9-17-10-7-12)20(15)13-4-2-1-3-5-13/h1-7,9-10H,11H2. The number of nitrogens with zero attached hydrogens (tertiary/aromatic N) is 5. The third-order valence-electron chi connectivity index (χ3n) is 2.85. The van der Waals surface area contributed by atoms with Crippen molar-refractivity contribution in [1.29, 1.82) is 5.26 Å². The number of hydrogen-bond acceptors (Lipinski definition) is 5. The van der Waals surface area contributed by atoms with Gasteiger partial charge in [-0.05, 0) is 24.3 Å². The summed E-state index contributed by atoms with van der Waals surface area (Å²) in [4.78, 5) is 4.02. The van der Waals surface area contributed by atoms with E-state index in [2.05, 4.69) is 21.3 Å². The van der Waals surface area contributed by atoms with Crippen LogP contribution in [0.25, 0.3) is 17.1 Å². The molecule has 0 atom stereocenters. The lowest BCUT2D eigenvalue weighted by Crippen LogP contribution is -1.99. The highest BCUT2D eigenvalue weighted by atomic mass is 32.2. The average Bonchev–Trinajstić information content (AvgIpc) is 2.98. The summed E-state index contributed by atoms with van der Waals surface area (Å²) in [5, 5.41) is 18.0. The molecule has 0 amide bonds. The van der Waals surface area contributed by atoms with E-state index in [1.54, 1.807) is 12.4 Å². The van der Waals surface area contributed by atoms with E-state index in [1.807, 2.05) is 47.0 Å². The van der Waals surface area contributed by atoms with Crippen LogP contribution in [-0.2, 0) is 0 Å². The fourth-order valence-electron chi connectivity index (χ4n) is 1.96. The largest absolute Gasteiger partial charge is 0.270 e. The molecular weight excluding hydrogens is 282 g/mol. The third-order valence-corrected chi connectivity index (χ3v) is 3.65. The summed E-state index contributed by atoms with van der Waals surface area (Å²) in [6.07, 6.45) is 3.45. The van der Waals surface area contributed by atoms with E-state index < -0.39 is 0 Å². The fourth-order valence-corrected chi connectivity index (χ4v) is 2.57. The van der Waals surface area contributed by atoms with Gasteiger partial charge in [-0.2, -0.15) is 5.26 Å². The lowest BCUT2D eigenvalue weighted by molar-refractivity contribution is 0.888. The van der Waals surface area contributed by atoms with E-state index in [4.69, 9.17) is 5.26 Å². The Morgan fingerprint density at radius 2 is 1.81 bits per heavy atom. The van der Waals surface area contributed by atoms with Gasteiger partial charge in [0.1, 0.15) is 0 Å². The number of rotatable bonds is 4. The highest BCUT2D eigenvalue weighted by molar-refractivity contribution is 7.99. The van der Waals surface area contributed by atoms with Gasteiger partial charge in [0.05, 0.1) is 11.8 Å². The summed E-state index contributed by atoms with van der Waals surface area (Å²) in [6.45, 7) is 0. The summed E-state index contributed by atoms with van der Waals surface area (Å²) in [5.74, 6) is 1.07. The zero-order valence-corrected chi connectivity index (χ0v) is 11.9. The minimum Gasteiger partial charge on any atom is -0.270 e. The normalized spacial score (nSPS) is 10.2. The lowest BCUT2D eigenvalue weighted by Gasteiger charge is -2.09. The van der Waals surface area contributed by atoms with Crippen molar-refractivity contribution in [3.8, 4) is 23.1 Å². The quantitative estimate of drug-likeness (QED) is 0.692. The maximum atomic E-state index is 8.78. The second-order valence-electron chi connectivity index (χ2n) is 4.16. The van der Waals surface area contributed by atoms with Crippen LogP contribution in [0.1, 0.15) is 0 Å². The highest BCUT2D eigenvalue weighted by Gasteiger charge is 2.15. The van der Waals surface area contributed by atoms with Gasteiger partial charge in [-0.3, -0.25) is 9.55 Å². The molecule has 0 aliphatic heterocycles. The van der Waals surface area contributed by atoms with E-state index in [0.29, 0.717) is 10.9 Å². The molecule has 0 bridgehead atoms. The van der Waals surface area contributed by atoms with Gasteiger partial charge in [0.25, 0.3) is 0 Å². The summed E-state index contributed by atoms with van der Waals surface area (Å²) >= 11 is 1.37. The van der Waals surface area contributed by atoms with Crippen LogP contribution in [0.3, 0.4) is 0 Å². The molecule has 3 rings (SSSR count). The molecule has 0 aliphatic carbocycles. The maximum absolute atomic E-state index is 8.78. The molecule has 102 valence electrons. The zero-order chi connectivity index (χ0) is 14.5. The fraction of sp³-hybridized carbons (Fsp3) is 0.0667. The van der Waals surface area contributed by atoms with Gasteiger partial charge in [0.2, 0.25) is 0 Å². The minimum absolute atomic E-state index is 0.335. The molecule has 0 saturated heterocycles. The molecule has 6 heteroatoms. The Bertz CT molecular complexity index is 762. The predicted molar refractivity (Wildman–Crippen MR) is 80.9 cm³/mol. The monoisotopic (exact) mass is 293 g/mol. The van der Waals surface area contributed by atoms with Crippen molar-refractivity contribution in [1.82, 2.24) is 19.7 Å². The van der Waals surface area contributed by atoms with E-state index >= 15 is 0 Å². The Labute approximate surface area is 126 Å². The van der Waals surface area contributed by atoms with Gasteiger partial charge < -0.3 is 0 Å². The van der Waals surface area contributed by atoms with Crippen molar-refractivity contribution in [3.05, 3.63) is 54.9 Å². The highest BCUT2D eigenvalue weighted by Crippen LogP contribution is 2.27. The van der Waals surface area contributed by atoms with Crippen molar-refractivity contribution in [2.45, 2.75) is 5.16 Å². The van der Waals surface area contributed by atoms with Crippen LogP contribution in [0.5, 0.6) is 0 Å². The second kappa shape index (κ2) is 6.20. The molecule has 3 aromatic rings. The van der Waals surface area contributed by atoms with Gasteiger partial charge >= 0.3 is 0 Å². The Hall–Kier alpha value is -2.65. The first kappa shape index (κ1) is 13.3. The second-order valence-corrected chi connectivity index (χ2v) is 5.10. The first-order chi connectivity index (χ1) is 10.4. The lowest BCUT2D eigenvalue weighted by atomic mass is 10.2. The Balaban J connectivity index is 2.13. The van der Waals surface area contributed by atoms with Gasteiger partial charge in [-0.25, -0.2) is 0 Å². The Morgan fingerprint density at radius 3 is 2.52 bits per heavy atom. The van der Waals surface area contributed by atoms with Gasteiger partial charge in [0.15, 0.2) is 11.0 Å². The van der Waals surface area contributed by atoms with E-state index in [9.17, 15) is 0 Å². The van der Waals surface area contributed by atoms with Crippen LogP contribution in [-0.4, -0.2) is 25.5 Å². The van der Waals surface area contributed by atoms with Crippen LogP contribution < -0.4 is 0 Å². The topological polar surface area (TPSA) is 67.4 Å². The van der Waals surface area contributed by atoms with E-state index in [-0.39, 0.29) is 0 Å². The molecule has 1 aromatic carbocycles. The number of para-hydroxylation sites is 1. The number of thioether (sulfide) groups is 1. The molecule has 0 spiro atoms. The molecule has 0 fully saturated rings. The number of hydrogen-bond donors (Lipinski definition) is 0. The molecular formula is C15H11N5S. The van der Waals surface area contributed by atoms with Crippen LogP contribution in [0.15, 0.2) is 60.0 Å². The van der Waals surface area contributed by atoms with Crippen LogP contribution >= 0.6 is 11.8 Å². The van der Waals surface area contributed by atoms with Gasteiger partial charge in [-0.1, -0.05) is 30.0 Å². The van der Waals surface area contributed by atoms with Gasteiger partial charge in [-0.15, -0.1) is 10.2 Å². The maximum Gasteiger partial charge on any atom is 0.197 e. The smallest absolute Gasteiger partial charge is 0.197 e. The van der Waals surface area contributed by atoms with Crippen molar-refractivity contribution < 1.29 is 0 Å². The molecule has 2 heterocycles. The zero-order valence-electron chi connectivity index (χ0n) is 11.0. The van der Waals surface area contributed by atoms with Gasteiger partial charge in [0, 0.05) is 23.6 Å². The van der Waals surface area contributed by atoms with Crippen molar-refractivity contribution >= 4 is 11.8 Å². The van der Waals surface area contributed by atoms with E-state index in [1.165, 1.54) is 11.8 Å². The predicted octanol–water partition coefficient (Wildman–Crippen LogP) is 2.94. The number of nitriles is 1. The number of benzene rings is 1. The molecule has 0 saturated carbocycles. The molecule has 2 aromatic heterocycles. The molecule has 0 N–H and O–H groups in total. The van der Waals surface area contributed by atoms with Crippen molar-refractivity contribution in [2.75, 3.05) is 5.75 Å². The molecule has 0 radical (unpaired) electrons. The first-order valence-corrected chi connectivity index (χ1v) is 7.29. The average molecular weight is 293 g/mol. The third kappa shape index (κ3) is 2.78. The summed E-state index contributed by atoms with van der Waals surface area (Å²) in [5.41, 5.74) is 1.90. The van der Waals surface area contributed by atoms with Crippen molar-refractivity contribution in [2.24, 2.45) is 0 Å². The number of aromatic nitrogens is 4. The van der Waals surface area contributed by atoms with Crippen LogP contribution in [0.4, 0.5) is 0 Å². The molecule has 0 aliphatic rings. The van der Waals surface area contributed by atoms with Crippen molar-refractivity contribution in [3.63, 3.8) is 0 Å². The van der Waals surface area contributed by atoms with Crippen LogP contribution in [0.2, 0.25) is 0 Å². The van der Waals surface area contributed by atoms with Crippen LogP contribution in [0, 0.1) is 11.3 Å². The Morgan fingerprint density at radius 1 is 1.05 bits per heavy atom. The Kier molecular flexibility index (Phi) is 3.94. The molecule has 0 unspecified atom stereocenters. The SMILES string of the molecule is N#CCSc1nnc(-c2ccncc2)n1-c1ccccc1. The first-order valence-electron chi connectivity index (χ1n) is 6.31. The summed E-state index contributed by atoms with van der Waals surface area (Å²) in [7, 11) is 0.